The van der Waals surface area contributed by atoms with Gasteiger partial charge in [0.15, 0.2) is 0 Å². The highest BCUT2D eigenvalue weighted by molar-refractivity contribution is 6.61. The fourth-order valence-corrected chi connectivity index (χ4v) is 2.82. The van der Waals surface area contributed by atoms with Gasteiger partial charge in [0.1, 0.15) is 6.10 Å². The predicted molar refractivity (Wildman–Crippen MR) is 85.2 cm³/mol. The van der Waals surface area contributed by atoms with Gasteiger partial charge in [-0.05, 0) is 53.4 Å². The highest BCUT2D eigenvalue weighted by Gasteiger charge is 2.51. The molecule has 1 aliphatic carbocycles. The maximum atomic E-state index is 6.00. The average Bonchev–Trinajstić information content (AvgIpc) is 2.69. The lowest BCUT2D eigenvalue weighted by Crippen LogP contribution is -2.41. The van der Waals surface area contributed by atoms with Crippen molar-refractivity contribution in [3.05, 3.63) is 12.4 Å². The summed E-state index contributed by atoms with van der Waals surface area (Å²) in [4.78, 5) is 8.64. The van der Waals surface area contributed by atoms with Crippen LogP contribution in [0.3, 0.4) is 0 Å². The molecule has 1 saturated carbocycles. The van der Waals surface area contributed by atoms with E-state index in [-0.39, 0.29) is 17.3 Å². The van der Waals surface area contributed by atoms with E-state index in [2.05, 4.69) is 9.97 Å². The molecule has 0 unspecified atom stereocenters. The van der Waals surface area contributed by atoms with Crippen LogP contribution in [0.1, 0.15) is 59.8 Å². The molecular formula is C16H25BN2O3. The lowest BCUT2D eigenvalue weighted by Gasteiger charge is -2.32. The minimum Gasteiger partial charge on any atom is -0.460 e. The van der Waals surface area contributed by atoms with E-state index in [9.17, 15) is 0 Å². The molecule has 2 heterocycles. The molecule has 2 fully saturated rings. The van der Waals surface area contributed by atoms with Gasteiger partial charge in [-0.2, -0.15) is 0 Å². The standard InChI is InChI=1S/C16H25BN2O3/c1-15(2)16(3,4)22-17(21-15)12-10-18-14(19-11-12)20-13-8-6-5-7-9-13/h10-11,13H,5-9H2,1-4H3. The largest absolute Gasteiger partial charge is 0.498 e. The molecule has 1 aromatic heterocycles. The van der Waals surface area contributed by atoms with Gasteiger partial charge in [-0.1, -0.05) is 6.42 Å². The van der Waals surface area contributed by atoms with Crippen LogP contribution in [0.4, 0.5) is 0 Å². The van der Waals surface area contributed by atoms with Gasteiger partial charge >= 0.3 is 13.1 Å². The summed E-state index contributed by atoms with van der Waals surface area (Å²) in [7, 11) is -0.422. The topological polar surface area (TPSA) is 53.5 Å². The zero-order chi connectivity index (χ0) is 15.8. The molecular weight excluding hydrogens is 279 g/mol. The summed E-state index contributed by atoms with van der Waals surface area (Å²) in [5, 5.41) is 0. The minimum atomic E-state index is -0.422. The summed E-state index contributed by atoms with van der Waals surface area (Å²) in [5.74, 6) is 0. The number of rotatable bonds is 3. The van der Waals surface area contributed by atoms with E-state index in [1.54, 1.807) is 12.4 Å². The molecule has 0 aromatic carbocycles. The molecule has 5 nitrogen and oxygen atoms in total. The van der Waals surface area contributed by atoms with Crippen molar-refractivity contribution in [2.75, 3.05) is 0 Å². The number of ether oxygens (including phenoxy) is 1. The first-order valence-electron chi connectivity index (χ1n) is 8.22. The quantitative estimate of drug-likeness (QED) is 0.803. The summed E-state index contributed by atoms with van der Waals surface area (Å²) >= 11 is 0. The molecule has 6 heteroatoms. The van der Waals surface area contributed by atoms with Crippen molar-refractivity contribution in [2.45, 2.75) is 77.1 Å². The van der Waals surface area contributed by atoms with Crippen molar-refractivity contribution in [1.82, 2.24) is 9.97 Å². The van der Waals surface area contributed by atoms with E-state index in [1.807, 2.05) is 27.7 Å². The first-order chi connectivity index (χ1) is 10.4. The van der Waals surface area contributed by atoms with E-state index in [0.717, 1.165) is 18.3 Å². The molecule has 0 bridgehead atoms. The summed E-state index contributed by atoms with van der Waals surface area (Å²) in [5.41, 5.74) is 0.124. The third kappa shape index (κ3) is 3.13. The molecule has 0 N–H and O–H groups in total. The summed E-state index contributed by atoms with van der Waals surface area (Å²) in [6, 6.07) is 0.451. The Bertz CT molecular complexity index is 497. The zero-order valence-corrected chi connectivity index (χ0v) is 14.0. The molecule has 2 aliphatic rings. The lowest BCUT2D eigenvalue weighted by atomic mass is 9.81. The SMILES string of the molecule is CC1(C)OB(c2cnc(OC3CCCCC3)nc2)OC1(C)C. The van der Waals surface area contributed by atoms with E-state index in [0.29, 0.717) is 6.01 Å². The van der Waals surface area contributed by atoms with Gasteiger partial charge in [0, 0.05) is 17.9 Å². The normalized spacial score (nSPS) is 24.5. The average molecular weight is 304 g/mol. The second kappa shape index (κ2) is 5.82. The fourth-order valence-electron chi connectivity index (χ4n) is 2.82. The van der Waals surface area contributed by atoms with Gasteiger partial charge in [0.25, 0.3) is 0 Å². The van der Waals surface area contributed by atoms with E-state index in [1.165, 1.54) is 19.3 Å². The van der Waals surface area contributed by atoms with E-state index >= 15 is 0 Å². The Kier molecular flexibility index (Phi) is 4.16. The summed E-state index contributed by atoms with van der Waals surface area (Å²) in [6.07, 6.45) is 9.72. The highest BCUT2D eigenvalue weighted by Crippen LogP contribution is 2.36. The minimum absolute atomic E-state index is 0.261. The fraction of sp³-hybridized carbons (Fsp3) is 0.750. The van der Waals surface area contributed by atoms with Gasteiger partial charge < -0.3 is 14.0 Å². The van der Waals surface area contributed by atoms with Crippen LogP contribution in [0, 0.1) is 0 Å². The van der Waals surface area contributed by atoms with Crippen molar-refractivity contribution in [2.24, 2.45) is 0 Å². The Morgan fingerprint density at radius 3 is 2.09 bits per heavy atom. The Hall–Kier alpha value is -1.14. The number of nitrogens with zero attached hydrogens (tertiary/aromatic N) is 2. The van der Waals surface area contributed by atoms with Crippen LogP contribution in [-0.2, 0) is 9.31 Å². The Balaban J connectivity index is 1.65. The zero-order valence-electron chi connectivity index (χ0n) is 14.0. The Morgan fingerprint density at radius 2 is 1.55 bits per heavy atom. The van der Waals surface area contributed by atoms with Crippen LogP contribution in [0.25, 0.3) is 0 Å². The van der Waals surface area contributed by atoms with Gasteiger partial charge in [-0.25, -0.2) is 9.97 Å². The molecule has 3 rings (SSSR count). The number of aromatic nitrogens is 2. The molecule has 1 aliphatic heterocycles. The smallest absolute Gasteiger partial charge is 0.460 e. The highest BCUT2D eigenvalue weighted by atomic mass is 16.7. The third-order valence-corrected chi connectivity index (χ3v) is 5.00. The van der Waals surface area contributed by atoms with Gasteiger partial charge in [0.05, 0.1) is 11.2 Å². The third-order valence-electron chi connectivity index (χ3n) is 5.00. The van der Waals surface area contributed by atoms with E-state index < -0.39 is 7.12 Å². The molecule has 120 valence electrons. The Morgan fingerprint density at radius 1 is 1.00 bits per heavy atom. The van der Waals surface area contributed by atoms with Crippen molar-refractivity contribution in [3.63, 3.8) is 0 Å². The summed E-state index contributed by atoms with van der Waals surface area (Å²) in [6.45, 7) is 8.14. The monoisotopic (exact) mass is 304 g/mol. The molecule has 0 spiro atoms. The number of hydrogen-bond acceptors (Lipinski definition) is 5. The van der Waals surface area contributed by atoms with Crippen molar-refractivity contribution in [3.8, 4) is 6.01 Å². The van der Waals surface area contributed by atoms with Crippen molar-refractivity contribution < 1.29 is 14.0 Å². The van der Waals surface area contributed by atoms with Crippen LogP contribution in [0.5, 0.6) is 6.01 Å². The predicted octanol–water partition coefficient (Wildman–Crippen LogP) is 2.49. The second-order valence-corrected chi connectivity index (χ2v) is 7.27. The number of hydrogen-bond donors (Lipinski definition) is 0. The second-order valence-electron chi connectivity index (χ2n) is 7.27. The van der Waals surface area contributed by atoms with Gasteiger partial charge in [-0.15, -0.1) is 0 Å². The van der Waals surface area contributed by atoms with Crippen LogP contribution in [0.15, 0.2) is 12.4 Å². The van der Waals surface area contributed by atoms with E-state index in [4.69, 9.17) is 14.0 Å². The van der Waals surface area contributed by atoms with Crippen molar-refractivity contribution >= 4 is 12.6 Å². The van der Waals surface area contributed by atoms with Crippen LogP contribution < -0.4 is 10.2 Å². The van der Waals surface area contributed by atoms with Crippen LogP contribution in [0.2, 0.25) is 0 Å². The Labute approximate surface area is 132 Å². The molecule has 0 amide bonds. The first kappa shape index (κ1) is 15.7. The maximum Gasteiger partial charge on any atom is 0.498 e. The molecule has 1 saturated heterocycles. The first-order valence-corrected chi connectivity index (χ1v) is 8.22. The van der Waals surface area contributed by atoms with Gasteiger partial charge in [0.2, 0.25) is 0 Å². The van der Waals surface area contributed by atoms with Crippen molar-refractivity contribution in [1.29, 1.82) is 0 Å². The molecule has 0 atom stereocenters. The molecule has 22 heavy (non-hydrogen) atoms. The van der Waals surface area contributed by atoms with Crippen LogP contribution in [-0.4, -0.2) is 34.4 Å². The lowest BCUT2D eigenvalue weighted by molar-refractivity contribution is 0.00578. The van der Waals surface area contributed by atoms with Gasteiger partial charge in [-0.3, -0.25) is 0 Å². The molecule has 0 radical (unpaired) electrons. The molecule has 1 aromatic rings. The van der Waals surface area contributed by atoms with Crippen LogP contribution >= 0.6 is 0 Å². The summed E-state index contributed by atoms with van der Waals surface area (Å²) < 4.78 is 17.8. The maximum absolute atomic E-state index is 6.00.